The molecule has 2 aliphatic rings. The lowest BCUT2D eigenvalue weighted by Crippen LogP contribution is -2.32. The zero-order valence-electron chi connectivity index (χ0n) is 22.0. The molecule has 9 nitrogen and oxygen atoms in total. The summed E-state index contributed by atoms with van der Waals surface area (Å²) in [5.41, 5.74) is 1.00. The van der Waals surface area contributed by atoms with Gasteiger partial charge < -0.3 is 29.2 Å². The topological polar surface area (TPSA) is 132 Å². The van der Waals surface area contributed by atoms with Crippen LogP contribution in [0.5, 0.6) is 0 Å². The van der Waals surface area contributed by atoms with Crippen LogP contribution in [-0.2, 0) is 33.3 Å². The van der Waals surface area contributed by atoms with Crippen LogP contribution in [0.1, 0.15) is 60.3 Å². The van der Waals surface area contributed by atoms with Gasteiger partial charge >= 0.3 is 17.9 Å². The summed E-state index contributed by atoms with van der Waals surface area (Å²) in [7, 11) is 0. The maximum absolute atomic E-state index is 12.7. The minimum Gasteiger partial charge on any atom is -0.461 e. The SMILES string of the molecule is C=C(COC(C)=O)[C@H]1C[C@H](OC(=O)/C(C)=C\C)/C(COC(=O)[C@H](C)[C@H](C)O)=C/CC[C@@]2(CO)O[C@@H]2C1. The quantitative estimate of drug-likeness (QED) is 0.150. The van der Waals surface area contributed by atoms with E-state index in [9.17, 15) is 24.6 Å². The predicted molar refractivity (Wildman–Crippen MR) is 132 cm³/mol. The maximum Gasteiger partial charge on any atom is 0.333 e. The summed E-state index contributed by atoms with van der Waals surface area (Å²) in [6.07, 6.45) is 3.57. The number of aliphatic hydroxyl groups excluding tert-OH is 2. The summed E-state index contributed by atoms with van der Waals surface area (Å²) < 4.78 is 22.4. The Morgan fingerprint density at radius 1 is 1.25 bits per heavy atom. The second kappa shape index (κ2) is 13.2. The molecule has 0 amide bonds. The van der Waals surface area contributed by atoms with Crippen molar-refractivity contribution in [1.82, 2.24) is 0 Å². The molecular weight excluding hydrogens is 468 g/mol. The summed E-state index contributed by atoms with van der Waals surface area (Å²) in [4.78, 5) is 36.5. The Morgan fingerprint density at radius 2 is 1.94 bits per heavy atom. The fourth-order valence-corrected chi connectivity index (χ4v) is 4.09. The molecule has 1 saturated heterocycles. The van der Waals surface area contributed by atoms with Crippen molar-refractivity contribution in [2.24, 2.45) is 11.8 Å². The van der Waals surface area contributed by atoms with Crippen molar-refractivity contribution in [2.45, 2.75) is 84.2 Å². The summed E-state index contributed by atoms with van der Waals surface area (Å²) >= 11 is 0. The second-order valence-electron chi connectivity index (χ2n) is 9.76. The molecule has 36 heavy (non-hydrogen) atoms. The Kier molecular flexibility index (Phi) is 10.9. The number of epoxide rings is 1. The van der Waals surface area contributed by atoms with Crippen molar-refractivity contribution in [3.63, 3.8) is 0 Å². The van der Waals surface area contributed by atoms with Gasteiger partial charge in [-0.1, -0.05) is 18.7 Å². The predicted octanol–water partition coefficient (Wildman–Crippen LogP) is 2.79. The zero-order valence-corrected chi connectivity index (χ0v) is 22.0. The first-order valence-corrected chi connectivity index (χ1v) is 12.4. The molecule has 1 fully saturated rings. The largest absolute Gasteiger partial charge is 0.461 e. The molecule has 6 atom stereocenters. The normalized spacial score (nSPS) is 29.5. The van der Waals surface area contributed by atoms with E-state index in [2.05, 4.69) is 6.58 Å². The van der Waals surface area contributed by atoms with Gasteiger partial charge in [0.2, 0.25) is 0 Å². The Labute approximate surface area is 213 Å². The summed E-state index contributed by atoms with van der Waals surface area (Å²) in [5, 5.41) is 19.7. The van der Waals surface area contributed by atoms with Crippen molar-refractivity contribution in [3.05, 3.63) is 35.5 Å². The monoisotopic (exact) mass is 508 g/mol. The lowest BCUT2D eigenvalue weighted by atomic mass is 9.83. The fourth-order valence-electron chi connectivity index (χ4n) is 4.09. The number of carbonyl (C=O) groups excluding carboxylic acids is 3. The van der Waals surface area contributed by atoms with E-state index in [0.29, 0.717) is 42.4 Å². The van der Waals surface area contributed by atoms with Crippen LogP contribution in [0.2, 0.25) is 0 Å². The average molecular weight is 509 g/mol. The number of aliphatic hydroxyl groups is 2. The lowest BCUT2D eigenvalue weighted by molar-refractivity contribution is -0.151. The lowest BCUT2D eigenvalue weighted by Gasteiger charge is -2.28. The third-order valence-electron chi connectivity index (χ3n) is 7.08. The minimum absolute atomic E-state index is 0.00728. The number of carbonyl (C=O) groups is 3. The van der Waals surface area contributed by atoms with Crippen molar-refractivity contribution >= 4 is 17.9 Å². The number of allylic oxidation sites excluding steroid dienone is 2. The number of esters is 3. The smallest absolute Gasteiger partial charge is 0.333 e. The number of hydrogen-bond acceptors (Lipinski definition) is 9. The molecule has 202 valence electrons. The molecule has 9 heteroatoms. The van der Waals surface area contributed by atoms with Gasteiger partial charge in [0, 0.05) is 18.1 Å². The highest BCUT2D eigenvalue weighted by molar-refractivity contribution is 5.87. The van der Waals surface area contributed by atoms with E-state index in [0.717, 1.165) is 0 Å². The molecule has 2 rings (SSSR count). The van der Waals surface area contributed by atoms with Gasteiger partial charge in [-0.2, -0.15) is 0 Å². The minimum atomic E-state index is -0.871. The van der Waals surface area contributed by atoms with E-state index in [1.54, 1.807) is 26.8 Å². The van der Waals surface area contributed by atoms with E-state index in [4.69, 9.17) is 18.9 Å². The third kappa shape index (κ3) is 8.01. The summed E-state index contributed by atoms with van der Waals surface area (Å²) in [6.45, 7) is 11.7. The molecule has 0 bridgehead atoms. The van der Waals surface area contributed by atoms with E-state index >= 15 is 0 Å². The van der Waals surface area contributed by atoms with Crippen molar-refractivity contribution in [2.75, 3.05) is 19.8 Å². The first-order chi connectivity index (χ1) is 16.9. The van der Waals surface area contributed by atoms with Gasteiger partial charge in [-0.3, -0.25) is 9.59 Å². The second-order valence-corrected chi connectivity index (χ2v) is 9.76. The average Bonchev–Trinajstić information content (AvgIpc) is 3.54. The van der Waals surface area contributed by atoms with Crippen LogP contribution in [0.25, 0.3) is 0 Å². The first-order valence-electron chi connectivity index (χ1n) is 12.4. The number of ether oxygens (including phenoxy) is 4. The molecule has 1 aliphatic carbocycles. The molecule has 0 radical (unpaired) electrons. The van der Waals surface area contributed by atoms with Gasteiger partial charge in [-0.15, -0.1) is 0 Å². The van der Waals surface area contributed by atoms with Gasteiger partial charge in [0.05, 0.1) is 24.7 Å². The number of hydrogen-bond donors (Lipinski definition) is 2. The fraction of sp³-hybridized carbons (Fsp3) is 0.667. The van der Waals surface area contributed by atoms with Crippen LogP contribution < -0.4 is 0 Å². The van der Waals surface area contributed by atoms with Gasteiger partial charge in [-0.05, 0) is 64.9 Å². The standard InChI is InChI=1S/C27H40O9/c1-7-16(2)25(31)35-23-11-22(17(3)13-33-20(6)30)12-24-27(15-28,36-24)10-8-9-21(23)14-34-26(32)18(4)19(5)29/h7,9,18-19,22-24,28-29H,3,8,10-15H2,1-2,4-6H3/b16-7-,21-9+/t18-,19+,22+,23+,24-,27+/m1/s1. The third-order valence-corrected chi connectivity index (χ3v) is 7.08. The van der Waals surface area contributed by atoms with E-state index in [1.165, 1.54) is 13.8 Å². The molecule has 2 N–H and O–H groups in total. The molecular formula is C27H40O9. The highest BCUT2D eigenvalue weighted by Gasteiger charge is 2.56. The van der Waals surface area contributed by atoms with Gasteiger partial charge in [0.1, 0.15) is 24.9 Å². The first kappa shape index (κ1) is 29.7. The maximum atomic E-state index is 12.7. The van der Waals surface area contributed by atoms with E-state index < -0.39 is 41.6 Å². The molecule has 0 aromatic rings. The Balaban J connectivity index is 2.37. The number of fused-ring (bicyclic) bond motifs is 1. The van der Waals surface area contributed by atoms with Crippen molar-refractivity contribution in [1.29, 1.82) is 0 Å². The van der Waals surface area contributed by atoms with E-state index in [1.807, 2.05) is 6.08 Å². The number of rotatable bonds is 10. The Bertz CT molecular complexity index is 888. The molecule has 1 heterocycles. The van der Waals surface area contributed by atoms with Crippen molar-refractivity contribution < 1.29 is 43.5 Å². The van der Waals surface area contributed by atoms with Gasteiger partial charge in [0.25, 0.3) is 0 Å². The van der Waals surface area contributed by atoms with Crippen LogP contribution >= 0.6 is 0 Å². The van der Waals surface area contributed by atoms with Crippen LogP contribution in [0, 0.1) is 11.8 Å². The van der Waals surface area contributed by atoms with Crippen LogP contribution in [0.4, 0.5) is 0 Å². The molecule has 0 spiro atoms. The summed E-state index contributed by atoms with van der Waals surface area (Å²) in [5.74, 6) is -2.47. The molecule has 0 saturated carbocycles. The molecule has 0 unspecified atom stereocenters. The zero-order chi connectivity index (χ0) is 27.0. The van der Waals surface area contributed by atoms with Gasteiger partial charge in [-0.25, -0.2) is 4.79 Å². The highest BCUT2D eigenvalue weighted by atomic mass is 16.6. The molecule has 0 aromatic heterocycles. The highest BCUT2D eigenvalue weighted by Crippen LogP contribution is 2.46. The molecule has 1 aliphatic heterocycles. The van der Waals surface area contributed by atoms with Crippen LogP contribution in [0.3, 0.4) is 0 Å². The van der Waals surface area contributed by atoms with Crippen LogP contribution in [-0.4, -0.2) is 71.9 Å². The summed E-state index contributed by atoms with van der Waals surface area (Å²) in [6, 6.07) is 0. The molecule has 0 aromatic carbocycles. The van der Waals surface area contributed by atoms with Crippen molar-refractivity contribution in [3.8, 4) is 0 Å². The van der Waals surface area contributed by atoms with Gasteiger partial charge in [0.15, 0.2) is 0 Å². The Morgan fingerprint density at radius 3 is 2.53 bits per heavy atom. The Hall–Kier alpha value is -2.49. The van der Waals surface area contributed by atoms with Crippen LogP contribution in [0.15, 0.2) is 35.5 Å². The van der Waals surface area contributed by atoms with E-state index in [-0.39, 0.29) is 31.8 Å².